The van der Waals surface area contributed by atoms with E-state index in [0.29, 0.717) is 25.7 Å². The molecular formula is C13H14O3. The summed E-state index contributed by atoms with van der Waals surface area (Å²) >= 11 is 0. The molecule has 0 fully saturated rings. The van der Waals surface area contributed by atoms with Crippen molar-refractivity contribution in [2.45, 2.75) is 19.4 Å². The topological polar surface area (TPSA) is 43.4 Å². The number of esters is 1. The molecule has 3 heteroatoms. The maximum atomic E-state index is 11.2. The Bertz CT molecular complexity index is 355. The number of benzene rings is 1. The molecule has 1 aromatic carbocycles. The van der Waals surface area contributed by atoms with Crippen molar-refractivity contribution in [2.24, 2.45) is 0 Å². The third kappa shape index (κ3) is 5.10. The minimum atomic E-state index is -0.251. The molecule has 0 unspecified atom stereocenters. The van der Waals surface area contributed by atoms with E-state index < -0.39 is 0 Å². The van der Waals surface area contributed by atoms with Gasteiger partial charge in [0, 0.05) is 6.42 Å². The van der Waals surface area contributed by atoms with E-state index in [9.17, 15) is 9.59 Å². The summed E-state index contributed by atoms with van der Waals surface area (Å²) < 4.78 is 5.05. The Labute approximate surface area is 94.7 Å². The predicted molar refractivity (Wildman–Crippen MR) is 60.7 cm³/mol. The molecule has 0 spiro atoms. The van der Waals surface area contributed by atoms with Gasteiger partial charge in [-0.25, -0.2) is 0 Å². The second-order valence-electron chi connectivity index (χ2n) is 3.25. The molecule has 3 nitrogen and oxygen atoms in total. The largest absolute Gasteiger partial charge is 0.461 e. The Balaban J connectivity index is 2.20. The molecule has 0 saturated heterocycles. The molecule has 1 rings (SSSR count). The van der Waals surface area contributed by atoms with Crippen molar-refractivity contribution in [3.8, 4) is 0 Å². The van der Waals surface area contributed by atoms with Gasteiger partial charge < -0.3 is 4.74 Å². The molecule has 0 bridgehead atoms. The van der Waals surface area contributed by atoms with Crippen LogP contribution in [0.4, 0.5) is 0 Å². The van der Waals surface area contributed by atoms with Crippen LogP contribution in [0.3, 0.4) is 0 Å². The highest BCUT2D eigenvalue weighted by atomic mass is 16.5. The first-order valence-corrected chi connectivity index (χ1v) is 5.13. The molecule has 0 aromatic heterocycles. The SMILES string of the molecule is O=C/C=C/CCC(=O)OCc1ccccc1. The van der Waals surface area contributed by atoms with Crippen molar-refractivity contribution < 1.29 is 14.3 Å². The normalized spacial score (nSPS) is 10.2. The standard InChI is InChI=1S/C13H14O3/c14-10-6-2-5-9-13(15)16-11-12-7-3-1-4-8-12/h1-4,6-8,10H,5,9,11H2/b6-2+. The quantitative estimate of drug-likeness (QED) is 0.418. The summed E-state index contributed by atoms with van der Waals surface area (Å²) in [6.45, 7) is 0.303. The van der Waals surface area contributed by atoms with Gasteiger partial charge in [-0.3, -0.25) is 9.59 Å². The van der Waals surface area contributed by atoms with Crippen LogP contribution in [0, 0.1) is 0 Å². The van der Waals surface area contributed by atoms with Crippen molar-refractivity contribution >= 4 is 12.3 Å². The van der Waals surface area contributed by atoms with E-state index in [4.69, 9.17) is 4.74 Å². The summed E-state index contributed by atoms with van der Waals surface area (Å²) in [5.74, 6) is -0.251. The van der Waals surface area contributed by atoms with Crippen molar-refractivity contribution in [1.82, 2.24) is 0 Å². The molecule has 0 atom stereocenters. The summed E-state index contributed by atoms with van der Waals surface area (Å²) in [7, 11) is 0. The number of allylic oxidation sites excluding steroid dienone is 2. The predicted octanol–water partition coefficient (Wildman–Crippen LogP) is 2.27. The summed E-state index contributed by atoms with van der Waals surface area (Å²) in [5.41, 5.74) is 0.972. The van der Waals surface area contributed by atoms with E-state index >= 15 is 0 Å². The number of hydrogen-bond acceptors (Lipinski definition) is 3. The van der Waals surface area contributed by atoms with Gasteiger partial charge >= 0.3 is 5.97 Å². The number of aldehydes is 1. The summed E-state index contributed by atoms with van der Waals surface area (Å²) in [6.07, 6.45) is 4.56. The molecule has 1 aromatic rings. The average Bonchev–Trinajstić information content (AvgIpc) is 2.33. The fourth-order valence-electron chi connectivity index (χ4n) is 1.16. The van der Waals surface area contributed by atoms with Crippen molar-refractivity contribution in [2.75, 3.05) is 0 Å². The van der Waals surface area contributed by atoms with Crippen LogP contribution in [-0.2, 0) is 20.9 Å². The van der Waals surface area contributed by atoms with Gasteiger partial charge in [0.25, 0.3) is 0 Å². The maximum Gasteiger partial charge on any atom is 0.306 e. The lowest BCUT2D eigenvalue weighted by Gasteiger charge is -2.03. The number of rotatable bonds is 6. The Morgan fingerprint density at radius 1 is 1.25 bits per heavy atom. The zero-order valence-corrected chi connectivity index (χ0v) is 8.96. The van der Waals surface area contributed by atoms with E-state index in [0.717, 1.165) is 5.56 Å². The fraction of sp³-hybridized carbons (Fsp3) is 0.231. The van der Waals surface area contributed by atoms with E-state index in [2.05, 4.69) is 0 Å². The smallest absolute Gasteiger partial charge is 0.306 e. The van der Waals surface area contributed by atoms with Crippen LogP contribution in [-0.4, -0.2) is 12.3 Å². The molecular weight excluding hydrogens is 204 g/mol. The molecule has 0 aliphatic heterocycles. The van der Waals surface area contributed by atoms with Crippen molar-refractivity contribution in [1.29, 1.82) is 0 Å². The molecule has 0 N–H and O–H groups in total. The molecule has 84 valence electrons. The zero-order chi connectivity index (χ0) is 11.6. The van der Waals surface area contributed by atoms with Gasteiger partial charge in [0.2, 0.25) is 0 Å². The Morgan fingerprint density at radius 2 is 2.00 bits per heavy atom. The van der Waals surface area contributed by atoms with Crippen LogP contribution in [0.15, 0.2) is 42.5 Å². The number of hydrogen-bond donors (Lipinski definition) is 0. The monoisotopic (exact) mass is 218 g/mol. The average molecular weight is 218 g/mol. The summed E-state index contributed by atoms with van der Waals surface area (Å²) in [6, 6.07) is 9.51. The molecule has 0 aliphatic rings. The van der Waals surface area contributed by atoms with Gasteiger partial charge in [-0.15, -0.1) is 0 Å². The fourth-order valence-corrected chi connectivity index (χ4v) is 1.16. The molecule has 0 heterocycles. The van der Waals surface area contributed by atoms with Gasteiger partial charge in [0.05, 0.1) is 0 Å². The second kappa shape index (κ2) is 7.40. The minimum absolute atomic E-state index is 0.251. The molecule has 0 amide bonds. The third-order valence-electron chi connectivity index (χ3n) is 1.97. The molecule has 0 saturated carbocycles. The first-order valence-electron chi connectivity index (χ1n) is 5.13. The summed E-state index contributed by atoms with van der Waals surface area (Å²) in [5, 5.41) is 0. The highest BCUT2D eigenvalue weighted by molar-refractivity contribution is 5.70. The highest BCUT2D eigenvalue weighted by Gasteiger charge is 2.01. The van der Waals surface area contributed by atoms with Gasteiger partial charge in [-0.05, 0) is 18.1 Å². The van der Waals surface area contributed by atoms with Gasteiger partial charge in [0.15, 0.2) is 0 Å². The van der Waals surface area contributed by atoms with Gasteiger partial charge in [0.1, 0.15) is 12.9 Å². The van der Waals surface area contributed by atoms with Crippen LogP contribution < -0.4 is 0 Å². The number of carbonyl (C=O) groups excluding carboxylic acids is 2. The lowest BCUT2D eigenvalue weighted by molar-refractivity contribution is -0.144. The van der Waals surface area contributed by atoms with E-state index in [1.165, 1.54) is 6.08 Å². The van der Waals surface area contributed by atoms with Crippen LogP contribution >= 0.6 is 0 Å². The van der Waals surface area contributed by atoms with Crippen LogP contribution in [0.25, 0.3) is 0 Å². The number of ether oxygens (including phenoxy) is 1. The van der Waals surface area contributed by atoms with Crippen LogP contribution in [0.2, 0.25) is 0 Å². The zero-order valence-electron chi connectivity index (χ0n) is 8.96. The minimum Gasteiger partial charge on any atom is -0.461 e. The van der Waals surface area contributed by atoms with E-state index in [-0.39, 0.29) is 5.97 Å². The van der Waals surface area contributed by atoms with E-state index in [1.54, 1.807) is 6.08 Å². The van der Waals surface area contributed by atoms with Crippen molar-refractivity contribution in [3.63, 3.8) is 0 Å². The van der Waals surface area contributed by atoms with Crippen molar-refractivity contribution in [3.05, 3.63) is 48.0 Å². The second-order valence-corrected chi connectivity index (χ2v) is 3.25. The van der Waals surface area contributed by atoms with Gasteiger partial charge in [-0.2, -0.15) is 0 Å². The third-order valence-corrected chi connectivity index (χ3v) is 1.97. The Kier molecular flexibility index (Phi) is 5.63. The lowest BCUT2D eigenvalue weighted by Crippen LogP contribution is -2.03. The van der Waals surface area contributed by atoms with Crippen LogP contribution in [0.5, 0.6) is 0 Å². The Hall–Kier alpha value is -1.90. The maximum absolute atomic E-state index is 11.2. The lowest BCUT2D eigenvalue weighted by atomic mass is 10.2. The Morgan fingerprint density at radius 3 is 2.69 bits per heavy atom. The van der Waals surface area contributed by atoms with Crippen LogP contribution in [0.1, 0.15) is 18.4 Å². The first-order chi connectivity index (χ1) is 7.83. The summed E-state index contributed by atoms with van der Waals surface area (Å²) in [4.78, 5) is 21.2. The van der Waals surface area contributed by atoms with Gasteiger partial charge in [-0.1, -0.05) is 36.4 Å². The molecule has 0 radical (unpaired) electrons. The molecule has 0 aliphatic carbocycles. The number of carbonyl (C=O) groups is 2. The van der Waals surface area contributed by atoms with E-state index in [1.807, 2.05) is 30.3 Å². The molecule has 16 heavy (non-hydrogen) atoms. The highest BCUT2D eigenvalue weighted by Crippen LogP contribution is 2.02. The first kappa shape index (κ1) is 12.2.